The Morgan fingerprint density at radius 2 is 1.81 bits per heavy atom. The molecule has 2 aromatic heterocycles. The van der Waals surface area contributed by atoms with Crippen molar-refractivity contribution in [1.29, 1.82) is 0 Å². The molecule has 2 aromatic carbocycles. The van der Waals surface area contributed by atoms with Gasteiger partial charge in [-0.2, -0.15) is 0 Å². The summed E-state index contributed by atoms with van der Waals surface area (Å²) >= 11 is 3.35. The second-order valence-electron chi connectivity index (χ2n) is 8.72. The molecule has 3 heterocycles. The van der Waals surface area contributed by atoms with E-state index in [2.05, 4.69) is 51.4 Å². The van der Waals surface area contributed by atoms with Crippen LogP contribution in [0.3, 0.4) is 0 Å². The standard InChI is InChI=1S/C25H25BrN8O2/c26-17-12-28-24(29-13-17)30-18-8-10-34(11-9-18)14-15-4-6-16(7-5-15)23(36)33-25-31-20-3-1-2-19(22(27)35)21(20)32-25/h1-7,12-13,18H,8-11,14H2,(H2,27,35)(H,28,29,30)(H2,31,32,33,36). The van der Waals surface area contributed by atoms with E-state index in [4.69, 9.17) is 5.73 Å². The Hall–Kier alpha value is -3.83. The number of fused-ring (bicyclic) bond motifs is 1. The lowest BCUT2D eigenvalue weighted by molar-refractivity contribution is 0.0999. The highest BCUT2D eigenvalue weighted by Gasteiger charge is 2.20. The quantitative estimate of drug-likeness (QED) is 0.276. The topological polar surface area (TPSA) is 142 Å². The summed E-state index contributed by atoms with van der Waals surface area (Å²) in [7, 11) is 0. The molecule has 36 heavy (non-hydrogen) atoms. The van der Waals surface area contributed by atoms with E-state index in [9.17, 15) is 9.59 Å². The summed E-state index contributed by atoms with van der Waals surface area (Å²) in [5.41, 5.74) is 8.43. The summed E-state index contributed by atoms with van der Waals surface area (Å²) < 4.78 is 0.861. The highest BCUT2D eigenvalue weighted by molar-refractivity contribution is 9.10. The van der Waals surface area contributed by atoms with E-state index >= 15 is 0 Å². The van der Waals surface area contributed by atoms with E-state index in [0.717, 1.165) is 42.5 Å². The highest BCUT2D eigenvalue weighted by atomic mass is 79.9. The number of nitrogens with two attached hydrogens (primary N) is 1. The van der Waals surface area contributed by atoms with Crippen LogP contribution in [0, 0.1) is 0 Å². The molecule has 0 atom stereocenters. The van der Waals surface area contributed by atoms with E-state index < -0.39 is 5.91 Å². The van der Waals surface area contributed by atoms with Crippen LogP contribution >= 0.6 is 15.9 Å². The molecule has 11 heteroatoms. The number of imidazole rings is 1. The van der Waals surface area contributed by atoms with Gasteiger partial charge >= 0.3 is 0 Å². The molecule has 0 spiro atoms. The van der Waals surface area contributed by atoms with Gasteiger partial charge in [-0.25, -0.2) is 15.0 Å². The Bertz CT molecular complexity index is 1380. The first-order valence-corrected chi connectivity index (χ1v) is 12.4. The number of carbonyl (C=O) groups is 2. The number of likely N-dealkylation sites (tertiary alicyclic amines) is 1. The molecule has 0 aliphatic carbocycles. The smallest absolute Gasteiger partial charge is 0.257 e. The molecular formula is C25H25BrN8O2. The SMILES string of the molecule is NC(=O)c1cccc2[nH]c(NC(=O)c3ccc(CN4CCC(Nc5ncc(Br)cn5)CC4)cc3)nc12. The minimum absolute atomic E-state index is 0.262. The predicted octanol–water partition coefficient (Wildman–Crippen LogP) is 3.54. The average molecular weight is 549 g/mol. The molecule has 1 aliphatic heterocycles. The Morgan fingerprint density at radius 3 is 2.50 bits per heavy atom. The van der Waals surface area contributed by atoms with Crippen LogP contribution in [-0.2, 0) is 6.54 Å². The lowest BCUT2D eigenvalue weighted by atomic mass is 10.0. The number of rotatable bonds is 7. The fraction of sp³-hybridized carbons (Fsp3) is 0.240. The lowest BCUT2D eigenvalue weighted by Crippen LogP contribution is -2.38. The van der Waals surface area contributed by atoms with E-state index in [1.807, 2.05) is 12.1 Å². The second-order valence-corrected chi connectivity index (χ2v) is 9.64. The average Bonchev–Trinajstić information content (AvgIpc) is 3.29. The molecule has 2 amide bonds. The number of benzene rings is 2. The number of aromatic amines is 1. The molecular weight excluding hydrogens is 524 g/mol. The van der Waals surface area contributed by atoms with Crippen molar-refractivity contribution in [3.63, 3.8) is 0 Å². The van der Waals surface area contributed by atoms with Crippen LogP contribution in [0.2, 0.25) is 0 Å². The van der Waals surface area contributed by atoms with Crippen LogP contribution < -0.4 is 16.4 Å². The van der Waals surface area contributed by atoms with Crippen LogP contribution in [0.5, 0.6) is 0 Å². The van der Waals surface area contributed by atoms with Gasteiger partial charge in [0, 0.05) is 43.6 Å². The number of aromatic nitrogens is 4. The van der Waals surface area contributed by atoms with Crippen molar-refractivity contribution in [2.24, 2.45) is 5.73 Å². The summed E-state index contributed by atoms with van der Waals surface area (Å²) in [6.45, 7) is 2.76. The van der Waals surface area contributed by atoms with E-state index in [1.54, 1.807) is 42.7 Å². The molecule has 1 aliphatic rings. The first kappa shape index (κ1) is 23.9. The molecule has 1 fully saturated rings. The maximum atomic E-state index is 12.7. The number of H-pyrrole nitrogens is 1. The van der Waals surface area contributed by atoms with Gasteiger partial charge in [0.1, 0.15) is 5.52 Å². The molecule has 0 bridgehead atoms. The first-order valence-electron chi connectivity index (χ1n) is 11.6. The van der Waals surface area contributed by atoms with Crippen LogP contribution in [-0.4, -0.2) is 55.8 Å². The number of para-hydroxylation sites is 1. The highest BCUT2D eigenvalue weighted by Crippen LogP contribution is 2.20. The van der Waals surface area contributed by atoms with Gasteiger partial charge in [-0.1, -0.05) is 18.2 Å². The molecule has 4 aromatic rings. The first-order chi connectivity index (χ1) is 17.4. The zero-order chi connectivity index (χ0) is 25.1. The van der Waals surface area contributed by atoms with Gasteiger partial charge < -0.3 is 16.0 Å². The summed E-state index contributed by atoms with van der Waals surface area (Å²) in [6.07, 6.45) is 5.50. The van der Waals surface area contributed by atoms with Gasteiger partial charge in [-0.3, -0.25) is 19.8 Å². The number of halogens is 1. The Kier molecular flexibility index (Phi) is 6.92. The van der Waals surface area contributed by atoms with Crippen molar-refractivity contribution in [3.05, 3.63) is 76.0 Å². The number of primary amides is 1. The van der Waals surface area contributed by atoms with Gasteiger partial charge in [0.25, 0.3) is 11.8 Å². The van der Waals surface area contributed by atoms with Gasteiger partial charge in [0.05, 0.1) is 15.6 Å². The maximum absolute atomic E-state index is 12.7. The van der Waals surface area contributed by atoms with Crippen molar-refractivity contribution >= 4 is 50.7 Å². The van der Waals surface area contributed by atoms with Gasteiger partial charge in [0.15, 0.2) is 0 Å². The fourth-order valence-electron chi connectivity index (χ4n) is 4.29. The lowest BCUT2D eigenvalue weighted by Gasteiger charge is -2.32. The number of carbonyl (C=O) groups excluding carboxylic acids is 2. The molecule has 10 nitrogen and oxygen atoms in total. The normalized spacial score (nSPS) is 14.6. The van der Waals surface area contributed by atoms with Crippen LogP contribution in [0.25, 0.3) is 11.0 Å². The Morgan fingerprint density at radius 1 is 1.08 bits per heavy atom. The zero-order valence-corrected chi connectivity index (χ0v) is 21.0. The number of nitrogens with one attached hydrogen (secondary N) is 3. The third kappa shape index (κ3) is 5.52. The molecule has 5 rings (SSSR count). The van der Waals surface area contributed by atoms with Crippen LogP contribution in [0.1, 0.15) is 39.1 Å². The van der Waals surface area contributed by atoms with E-state index in [1.165, 1.54) is 0 Å². The van der Waals surface area contributed by atoms with Crippen molar-refractivity contribution in [2.75, 3.05) is 23.7 Å². The van der Waals surface area contributed by atoms with Crippen molar-refractivity contribution in [3.8, 4) is 0 Å². The summed E-state index contributed by atoms with van der Waals surface area (Å²) in [4.78, 5) is 42.6. The van der Waals surface area contributed by atoms with E-state index in [0.29, 0.717) is 34.2 Å². The number of amides is 2. The summed E-state index contributed by atoms with van der Waals surface area (Å²) in [5.74, 6) is 0.0576. The van der Waals surface area contributed by atoms with Gasteiger partial charge in [-0.15, -0.1) is 0 Å². The summed E-state index contributed by atoms with van der Waals surface area (Å²) in [5, 5.41) is 6.16. The minimum atomic E-state index is -0.570. The monoisotopic (exact) mass is 548 g/mol. The Labute approximate surface area is 215 Å². The van der Waals surface area contributed by atoms with Crippen LogP contribution in [0.15, 0.2) is 59.3 Å². The van der Waals surface area contributed by atoms with Gasteiger partial charge in [-0.05, 0) is 58.6 Å². The van der Waals surface area contributed by atoms with Crippen molar-refractivity contribution in [2.45, 2.75) is 25.4 Å². The number of anilines is 2. The zero-order valence-electron chi connectivity index (χ0n) is 19.4. The third-order valence-electron chi connectivity index (χ3n) is 6.17. The largest absolute Gasteiger partial charge is 0.366 e. The predicted molar refractivity (Wildman–Crippen MR) is 141 cm³/mol. The van der Waals surface area contributed by atoms with Gasteiger partial charge in [0.2, 0.25) is 11.9 Å². The number of hydrogen-bond acceptors (Lipinski definition) is 7. The summed E-state index contributed by atoms with van der Waals surface area (Å²) in [6, 6.07) is 13.0. The molecule has 184 valence electrons. The molecule has 0 radical (unpaired) electrons. The molecule has 5 N–H and O–H groups in total. The fourth-order valence-corrected chi connectivity index (χ4v) is 4.50. The minimum Gasteiger partial charge on any atom is -0.366 e. The van der Waals surface area contributed by atoms with Crippen molar-refractivity contribution < 1.29 is 9.59 Å². The molecule has 1 saturated heterocycles. The Balaban J connectivity index is 1.14. The number of piperidine rings is 1. The second kappa shape index (κ2) is 10.4. The molecule has 0 saturated carbocycles. The molecule has 0 unspecified atom stereocenters. The van der Waals surface area contributed by atoms with E-state index in [-0.39, 0.29) is 11.9 Å². The number of hydrogen-bond donors (Lipinski definition) is 4. The van der Waals surface area contributed by atoms with Crippen LogP contribution in [0.4, 0.5) is 11.9 Å². The number of nitrogens with zero attached hydrogens (tertiary/aromatic N) is 4. The maximum Gasteiger partial charge on any atom is 0.257 e. The third-order valence-corrected chi connectivity index (χ3v) is 6.58. The van der Waals surface area contributed by atoms with Crippen molar-refractivity contribution in [1.82, 2.24) is 24.8 Å².